The van der Waals surface area contributed by atoms with Crippen molar-refractivity contribution in [2.24, 2.45) is 5.92 Å². The second kappa shape index (κ2) is 11.7. The molecule has 1 N–H and O–H groups in total. The molecule has 8 heteroatoms. The number of piperazine rings is 1. The Hall–Kier alpha value is -2.61. The average molecular weight is 471 g/mol. The number of unbranched alkanes of at least 4 members (excludes halogenated alkanes) is 1. The second-order valence-electron chi connectivity index (χ2n) is 9.78. The third kappa shape index (κ3) is 6.29. The smallest absolute Gasteiger partial charge is 0.409 e. The largest absolute Gasteiger partial charge is 0.449 e. The molecule has 0 radical (unpaired) electrons. The lowest BCUT2D eigenvalue weighted by atomic mass is 9.90. The van der Waals surface area contributed by atoms with Crippen molar-refractivity contribution in [2.45, 2.75) is 51.4 Å². The summed E-state index contributed by atoms with van der Waals surface area (Å²) in [5.41, 5.74) is 2.18. The predicted molar refractivity (Wildman–Crippen MR) is 131 cm³/mol. The lowest BCUT2D eigenvalue weighted by Gasteiger charge is -2.39. The number of hydrogen-bond acceptors (Lipinski definition) is 6. The maximum Gasteiger partial charge on any atom is 0.409 e. The number of nitrogens with one attached hydrogen (secondary N) is 1. The summed E-state index contributed by atoms with van der Waals surface area (Å²) < 4.78 is 5.34. The lowest BCUT2D eigenvalue weighted by molar-refractivity contribution is -0.134. The number of anilines is 1. The van der Waals surface area contributed by atoms with E-state index in [9.17, 15) is 14.4 Å². The Morgan fingerprint density at radius 1 is 1.00 bits per heavy atom. The predicted octanol–water partition coefficient (Wildman–Crippen LogP) is 2.98. The molecule has 0 aliphatic carbocycles. The van der Waals surface area contributed by atoms with Crippen LogP contribution in [-0.2, 0) is 14.3 Å². The number of nitrogens with zero attached hydrogens (tertiary/aromatic N) is 3. The molecule has 186 valence electrons. The third-order valence-corrected chi connectivity index (χ3v) is 7.38. The summed E-state index contributed by atoms with van der Waals surface area (Å²) in [4.78, 5) is 42.4. The zero-order chi connectivity index (χ0) is 23.9. The standard InChI is InChI=1S/C26H38N4O4/c1-2-3-18-34-26(33)30-16-14-28(15-17-30)19-20-10-12-29(13-11-20)22-6-4-21(5-7-22)23-8-9-24(31)27-25(23)32/h4-7,20,23H,2-3,8-19H2,1H3,(H,27,31,32)/t23-/m1/s1. The van der Waals surface area contributed by atoms with Gasteiger partial charge in [0.1, 0.15) is 0 Å². The number of amides is 3. The monoisotopic (exact) mass is 470 g/mol. The summed E-state index contributed by atoms with van der Waals surface area (Å²) in [6.07, 6.45) is 5.11. The van der Waals surface area contributed by atoms with Crippen molar-refractivity contribution in [3.63, 3.8) is 0 Å². The number of ether oxygens (including phenoxy) is 1. The second-order valence-corrected chi connectivity index (χ2v) is 9.78. The summed E-state index contributed by atoms with van der Waals surface area (Å²) in [5, 5.41) is 2.44. The van der Waals surface area contributed by atoms with E-state index in [-0.39, 0.29) is 23.8 Å². The molecule has 1 aromatic rings. The molecule has 3 aliphatic rings. The van der Waals surface area contributed by atoms with Crippen molar-refractivity contribution in [1.29, 1.82) is 0 Å². The molecule has 3 amide bonds. The Kier molecular flexibility index (Phi) is 8.43. The molecule has 1 atom stereocenters. The minimum Gasteiger partial charge on any atom is -0.449 e. The van der Waals surface area contributed by atoms with Gasteiger partial charge in [-0.2, -0.15) is 0 Å². The van der Waals surface area contributed by atoms with Gasteiger partial charge in [-0.05, 0) is 49.3 Å². The minimum atomic E-state index is -0.226. The van der Waals surface area contributed by atoms with Crippen LogP contribution < -0.4 is 10.2 Å². The van der Waals surface area contributed by atoms with Gasteiger partial charge < -0.3 is 14.5 Å². The first-order valence-corrected chi connectivity index (χ1v) is 12.9. The molecule has 34 heavy (non-hydrogen) atoms. The molecule has 3 fully saturated rings. The van der Waals surface area contributed by atoms with E-state index in [2.05, 4.69) is 34.2 Å². The Morgan fingerprint density at radius 3 is 2.35 bits per heavy atom. The highest BCUT2D eigenvalue weighted by Gasteiger charge is 2.29. The van der Waals surface area contributed by atoms with Gasteiger partial charge in [0.05, 0.1) is 12.5 Å². The molecular formula is C26H38N4O4. The average Bonchev–Trinajstić information content (AvgIpc) is 2.85. The zero-order valence-electron chi connectivity index (χ0n) is 20.3. The van der Waals surface area contributed by atoms with E-state index in [0.29, 0.717) is 25.4 Å². The van der Waals surface area contributed by atoms with Crippen LogP contribution in [0, 0.1) is 5.92 Å². The quantitative estimate of drug-likeness (QED) is 0.487. The van der Waals surface area contributed by atoms with Crippen LogP contribution >= 0.6 is 0 Å². The number of carbonyl (C=O) groups excluding carboxylic acids is 3. The highest BCUT2D eigenvalue weighted by Crippen LogP contribution is 2.29. The van der Waals surface area contributed by atoms with Gasteiger partial charge in [-0.25, -0.2) is 4.79 Å². The number of piperidine rings is 2. The fourth-order valence-corrected chi connectivity index (χ4v) is 5.18. The van der Waals surface area contributed by atoms with Crippen LogP contribution in [0.3, 0.4) is 0 Å². The van der Waals surface area contributed by atoms with Crippen molar-refractivity contribution in [1.82, 2.24) is 15.1 Å². The number of carbonyl (C=O) groups is 3. The van der Waals surface area contributed by atoms with E-state index in [1.165, 1.54) is 5.69 Å². The first-order chi connectivity index (χ1) is 16.5. The molecule has 1 aromatic carbocycles. The van der Waals surface area contributed by atoms with Gasteiger partial charge >= 0.3 is 6.09 Å². The van der Waals surface area contributed by atoms with Crippen LogP contribution in [0.5, 0.6) is 0 Å². The molecule has 4 rings (SSSR count). The van der Waals surface area contributed by atoms with Gasteiger partial charge in [-0.3, -0.25) is 19.8 Å². The van der Waals surface area contributed by atoms with Gasteiger partial charge in [-0.15, -0.1) is 0 Å². The highest BCUT2D eigenvalue weighted by molar-refractivity contribution is 6.00. The van der Waals surface area contributed by atoms with Crippen LogP contribution in [0.1, 0.15) is 56.9 Å². The molecular weight excluding hydrogens is 432 g/mol. The van der Waals surface area contributed by atoms with Crippen LogP contribution in [0.4, 0.5) is 10.5 Å². The van der Waals surface area contributed by atoms with Gasteiger partial charge in [0, 0.05) is 57.9 Å². The van der Waals surface area contributed by atoms with Crippen LogP contribution in [0.25, 0.3) is 0 Å². The molecule has 3 saturated heterocycles. The van der Waals surface area contributed by atoms with E-state index in [1.54, 1.807) is 0 Å². The van der Waals surface area contributed by atoms with E-state index in [0.717, 1.165) is 77.1 Å². The van der Waals surface area contributed by atoms with Crippen LogP contribution in [0.15, 0.2) is 24.3 Å². The zero-order valence-corrected chi connectivity index (χ0v) is 20.3. The topological polar surface area (TPSA) is 82.2 Å². The first kappa shape index (κ1) is 24.5. The Labute approximate surface area is 202 Å². The molecule has 3 aliphatic heterocycles. The fraction of sp³-hybridized carbons (Fsp3) is 0.654. The van der Waals surface area contributed by atoms with Crippen molar-refractivity contribution < 1.29 is 19.1 Å². The summed E-state index contributed by atoms with van der Waals surface area (Å²) >= 11 is 0. The summed E-state index contributed by atoms with van der Waals surface area (Å²) in [5.74, 6) is 0.102. The lowest BCUT2D eigenvalue weighted by Crippen LogP contribution is -2.50. The van der Waals surface area contributed by atoms with Crippen LogP contribution in [-0.4, -0.2) is 80.1 Å². The highest BCUT2D eigenvalue weighted by atomic mass is 16.6. The van der Waals surface area contributed by atoms with Crippen molar-refractivity contribution in [3.8, 4) is 0 Å². The number of benzene rings is 1. The Bertz CT molecular complexity index is 843. The summed E-state index contributed by atoms with van der Waals surface area (Å²) in [6.45, 7) is 9.13. The molecule has 0 aromatic heterocycles. The fourth-order valence-electron chi connectivity index (χ4n) is 5.18. The summed E-state index contributed by atoms with van der Waals surface area (Å²) in [6, 6.07) is 8.29. The van der Waals surface area contributed by atoms with E-state index < -0.39 is 0 Å². The van der Waals surface area contributed by atoms with Gasteiger partial charge in [-0.1, -0.05) is 25.5 Å². The number of rotatable bonds is 7. The Balaban J connectivity index is 1.18. The first-order valence-electron chi connectivity index (χ1n) is 12.9. The van der Waals surface area contributed by atoms with Gasteiger partial charge in [0.15, 0.2) is 0 Å². The van der Waals surface area contributed by atoms with Crippen molar-refractivity contribution >= 4 is 23.6 Å². The maximum absolute atomic E-state index is 12.1. The SMILES string of the molecule is CCCCOC(=O)N1CCN(CC2CCN(c3ccc([C@H]4CCC(=O)NC4=O)cc3)CC2)CC1. The molecule has 8 nitrogen and oxygen atoms in total. The number of imide groups is 1. The van der Waals surface area contributed by atoms with Crippen molar-refractivity contribution in [3.05, 3.63) is 29.8 Å². The normalized spacial score (nSPS) is 22.6. The maximum atomic E-state index is 12.1. The molecule has 0 saturated carbocycles. The molecule has 0 bridgehead atoms. The Morgan fingerprint density at radius 2 is 1.71 bits per heavy atom. The number of hydrogen-bond donors (Lipinski definition) is 1. The minimum absolute atomic E-state index is 0.162. The van der Waals surface area contributed by atoms with Gasteiger partial charge in [0.25, 0.3) is 0 Å². The molecule has 0 unspecified atom stereocenters. The summed E-state index contributed by atoms with van der Waals surface area (Å²) in [7, 11) is 0. The van der Waals surface area contributed by atoms with Gasteiger partial charge in [0.2, 0.25) is 11.8 Å². The van der Waals surface area contributed by atoms with E-state index >= 15 is 0 Å². The van der Waals surface area contributed by atoms with Crippen LogP contribution in [0.2, 0.25) is 0 Å². The molecule has 0 spiro atoms. The third-order valence-electron chi connectivity index (χ3n) is 7.38. The van der Waals surface area contributed by atoms with E-state index in [4.69, 9.17) is 4.74 Å². The van der Waals surface area contributed by atoms with E-state index in [1.807, 2.05) is 17.0 Å². The van der Waals surface area contributed by atoms with Crippen molar-refractivity contribution in [2.75, 3.05) is 57.3 Å². The molecule has 3 heterocycles.